The van der Waals surface area contributed by atoms with Gasteiger partial charge in [0, 0.05) is 38.8 Å². The van der Waals surface area contributed by atoms with Gasteiger partial charge in [0.25, 0.3) is 0 Å². The Bertz CT molecular complexity index is 709. The molecule has 0 bridgehead atoms. The number of aromatic nitrogens is 2. The summed E-state index contributed by atoms with van der Waals surface area (Å²) in [5.41, 5.74) is 3.88. The molecule has 1 N–H and O–H groups in total. The number of benzene rings is 1. The lowest BCUT2D eigenvalue weighted by Gasteiger charge is -2.17. The first-order valence-electron chi connectivity index (χ1n) is 9.13. The van der Waals surface area contributed by atoms with E-state index in [0.717, 1.165) is 38.2 Å². The number of amides is 1. The van der Waals surface area contributed by atoms with E-state index >= 15 is 0 Å². The molecule has 0 spiro atoms. The van der Waals surface area contributed by atoms with Crippen molar-refractivity contribution in [3.8, 4) is 0 Å². The fourth-order valence-electron chi connectivity index (χ4n) is 3.40. The summed E-state index contributed by atoms with van der Waals surface area (Å²) in [4.78, 5) is 14.5. The molecule has 0 saturated carbocycles. The van der Waals surface area contributed by atoms with Crippen LogP contribution in [0.1, 0.15) is 29.5 Å². The van der Waals surface area contributed by atoms with Gasteiger partial charge in [-0.2, -0.15) is 5.10 Å². The van der Waals surface area contributed by atoms with E-state index < -0.39 is 0 Å². The molecule has 1 aliphatic heterocycles. The summed E-state index contributed by atoms with van der Waals surface area (Å²) in [5.74, 6) is 0.672. The highest BCUT2D eigenvalue weighted by Gasteiger charge is 2.23. The molecule has 1 aliphatic rings. The predicted octanol–water partition coefficient (Wildman–Crippen LogP) is 2.53. The number of hydrogen-bond donors (Lipinski definition) is 1. The van der Waals surface area contributed by atoms with Crippen LogP contribution < -0.4 is 5.32 Å². The maximum absolute atomic E-state index is 12.0. The molecule has 1 unspecified atom stereocenters. The molecule has 2 heterocycles. The first-order chi connectivity index (χ1) is 12.1. The lowest BCUT2D eigenvalue weighted by atomic mass is 10.1. The third-order valence-corrected chi connectivity index (χ3v) is 4.94. The lowest BCUT2D eigenvalue weighted by Crippen LogP contribution is -2.31. The molecule has 1 aromatic heterocycles. The van der Waals surface area contributed by atoms with E-state index in [-0.39, 0.29) is 5.91 Å². The smallest absolute Gasteiger partial charge is 0.221 e. The zero-order chi connectivity index (χ0) is 17.6. The molecule has 1 atom stereocenters. The van der Waals surface area contributed by atoms with Gasteiger partial charge >= 0.3 is 0 Å². The summed E-state index contributed by atoms with van der Waals surface area (Å²) in [6.07, 6.45) is 5.43. The van der Waals surface area contributed by atoms with Crippen LogP contribution in [0.25, 0.3) is 0 Å². The van der Waals surface area contributed by atoms with Crippen LogP contribution in [-0.2, 0) is 17.9 Å². The van der Waals surface area contributed by atoms with Crippen molar-refractivity contribution in [1.82, 2.24) is 20.0 Å². The van der Waals surface area contributed by atoms with Crippen molar-refractivity contribution in [2.45, 2.75) is 39.8 Å². The number of carbonyl (C=O) groups excluding carboxylic acids is 1. The van der Waals surface area contributed by atoms with Crippen LogP contribution in [0.3, 0.4) is 0 Å². The largest absolute Gasteiger partial charge is 0.356 e. The molecule has 0 aliphatic carbocycles. The van der Waals surface area contributed by atoms with Gasteiger partial charge in [0.05, 0.1) is 6.20 Å². The SMILES string of the molecule is Cc1cnn(CCC(=O)NCC2CCN(Cc3ccccc3C)C2)c1. The number of aryl methyl sites for hydroxylation is 3. The Hall–Kier alpha value is -2.14. The van der Waals surface area contributed by atoms with Gasteiger partial charge in [-0.1, -0.05) is 24.3 Å². The summed E-state index contributed by atoms with van der Waals surface area (Å²) in [7, 11) is 0. The molecule has 1 saturated heterocycles. The molecule has 5 heteroatoms. The normalized spacial score (nSPS) is 17.8. The van der Waals surface area contributed by atoms with Gasteiger partial charge in [-0.15, -0.1) is 0 Å². The Balaban J connectivity index is 1.36. The number of nitrogens with zero attached hydrogens (tertiary/aromatic N) is 3. The van der Waals surface area contributed by atoms with Gasteiger partial charge in [-0.25, -0.2) is 0 Å². The molecular weight excluding hydrogens is 312 g/mol. The van der Waals surface area contributed by atoms with Gasteiger partial charge in [-0.3, -0.25) is 14.4 Å². The average Bonchev–Trinajstić information content (AvgIpc) is 3.22. The van der Waals surface area contributed by atoms with Crippen LogP contribution in [0.15, 0.2) is 36.7 Å². The summed E-state index contributed by atoms with van der Waals surface area (Å²) in [5, 5.41) is 7.30. The van der Waals surface area contributed by atoms with Crippen molar-refractivity contribution in [3.63, 3.8) is 0 Å². The average molecular weight is 340 g/mol. The van der Waals surface area contributed by atoms with Crippen LogP contribution in [0.4, 0.5) is 0 Å². The minimum atomic E-state index is 0.116. The highest BCUT2D eigenvalue weighted by molar-refractivity contribution is 5.75. The Morgan fingerprint density at radius 1 is 1.32 bits per heavy atom. The first-order valence-corrected chi connectivity index (χ1v) is 9.13. The monoisotopic (exact) mass is 340 g/mol. The molecule has 1 aromatic carbocycles. The minimum absolute atomic E-state index is 0.116. The number of hydrogen-bond acceptors (Lipinski definition) is 3. The third kappa shape index (κ3) is 5.16. The first kappa shape index (κ1) is 17.7. The topological polar surface area (TPSA) is 50.2 Å². The molecule has 25 heavy (non-hydrogen) atoms. The number of rotatable bonds is 7. The Morgan fingerprint density at radius 2 is 2.16 bits per heavy atom. The fourth-order valence-corrected chi connectivity index (χ4v) is 3.40. The standard InChI is InChI=1S/C20H28N4O/c1-16-11-22-24(13-16)10-8-20(25)21-12-18-7-9-23(14-18)15-19-6-4-3-5-17(19)2/h3-6,11,13,18H,7-10,12,14-15H2,1-2H3,(H,21,25). The van der Waals surface area contributed by atoms with Gasteiger partial charge in [0.1, 0.15) is 0 Å². The number of carbonyl (C=O) groups is 1. The van der Waals surface area contributed by atoms with Gasteiger partial charge in [0.15, 0.2) is 0 Å². The maximum Gasteiger partial charge on any atom is 0.221 e. The highest BCUT2D eigenvalue weighted by atomic mass is 16.1. The van der Waals surface area contributed by atoms with Crippen molar-refractivity contribution in [1.29, 1.82) is 0 Å². The summed E-state index contributed by atoms with van der Waals surface area (Å²) in [6.45, 7) is 8.78. The molecule has 5 nitrogen and oxygen atoms in total. The fraction of sp³-hybridized carbons (Fsp3) is 0.500. The van der Waals surface area contributed by atoms with E-state index in [0.29, 0.717) is 18.9 Å². The zero-order valence-corrected chi connectivity index (χ0v) is 15.2. The van der Waals surface area contributed by atoms with Crippen molar-refractivity contribution >= 4 is 5.91 Å². The van der Waals surface area contributed by atoms with E-state index in [9.17, 15) is 4.79 Å². The summed E-state index contributed by atoms with van der Waals surface area (Å²) in [6, 6.07) is 8.58. The lowest BCUT2D eigenvalue weighted by molar-refractivity contribution is -0.121. The summed E-state index contributed by atoms with van der Waals surface area (Å²) >= 11 is 0. The molecule has 0 radical (unpaired) electrons. The van der Waals surface area contributed by atoms with E-state index in [4.69, 9.17) is 0 Å². The van der Waals surface area contributed by atoms with Crippen LogP contribution in [0.5, 0.6) is 0 Å². The Morgan fingerprint density at radius 3 is 2.92 bits per heavy atom. The van der Waals surface area contributed by atoms with E-state index in [2.05, 4.69) is 46.5 Å². The van der Waals surface area contributed by atoms with E-state index in [1.165, 1.54) is 11.1 Å². The Kier molecular flexibility index (Phi) is 5.87. The van der Waals surface area contributed by atoms with Crippen LogP contribution in [0.2, 0.25) is 0 Å². The molecule has 3 rings (SSSR count). The molecule has 2 aromatic rings. The maximum atomic E-state index is 12.0. The van der Waals surface area contributed by atoms with Crippen molar-refractivity contribution in [2.75, 3.05) is 19.6 Å². The van der Waals surface area contributed by atoms with Gasteiger partial charge in [0.2, 0.25) is 5.91 Å². The van der Waals surface area contributed by atoms with Gasteiger partial charge in [-0.05, 0) is 49.4 Å². The second-order valence-corrected chi connectivity index (χ2v) is 7.15. The third-order valence-electron chi connectivity index (χ3n) is 4.94. The van der Waals surface area contributed by atoms with E-state index in [1.807, 2.05) is 24.0 Å². The van der Waals surface area contributed by atoms with Crippen molar-refractivity contribution in [3.05, 3.63) is 53.3 Å². The van der Waals surface area contributed by atoms with Crippen molar-refractivity contribution < 1.29 is 4.79 Å². The molecule has 1 amide bonds. The van der Waals surface area contributed by atoms with Crippen molar-refractivity contribution in [2.24, 2.45) is 5.92 Å². The number of nitrogens with one attached hydrogen (secondary N) is 1. The molecule has 134 valence electrons. The van der Waals surface area contributed by atoms with Crippen LogP contribution in [-0.4, -0.2) is 40.2 Å². The van der Waals surface area contributed by atoms with Crippen LogP contribution in [0, 0.1) is 19.8 Å². The van der Waals surface area contributed by atoms with E-state index in [1.54, 1.807) is 0 Å². The predicted molar refractivity (Wildman–Crippen MR) is 99.2 cm³/mol. The second kappa shape index (κ2) is 8.30. The molecular formula is C20H28N4O. The minimum Gasteiger partial charge on any atom is -0.356 e. The zero-order valence-electron chi connectivity index (χ0n) is 15.2. The van der Waals surface area contributed by atoms with Crippen LogP contribution >= 0.6 is 0 Å². The molecule has 1 fully saturated rings. The van der Waals surface area contributed by atoms with Gasteiger partial charge < -0.3 is 5.32 Å². The second-order valence-electron chi connectivity index (χ2n) is 7.15. The highest BCUT2D eigenvalue weighted by Crippen LogP contribution is 2.19. The Labute approximate surface area is 150 Å². The quantitative estimate of drug-likeness (QED) is 0.843. The number of likely N-dealkylation sites (tertiary alicyclic amines) is 1. The summed E-state index contributed by atoms with van der Waals surface area (Å²) < 4.78 is 1.83.